The third kappa shape index (κ3) is 4.01. The first-order valence-corrected chi connectivity index (χ1v) is 10.3. The predicted molar refractivity (Wildman–Crippen MR) is 87.3 cm³/mol. The highest BCUT2D eigenvalue weighted by atomic mass is 28.3. The molecular formula is C17H25F3OSi. The van der Waals surface area contributed by atoms with Crippen molar-refractivity contribution in [3.63, 3.8) is 0 Å². The van der Waals surface area contributed by atoms with E-state index in [9.17, 15) is 18.3 Å². The van der Waals surface area contributed by atoms with Crippen molar-refractivity contribution in [2.75, 3.05) is 0 Å². The Morgan fingerprint density at radius 2 is 1.50 bits per heavy atom. The van der Waals surface area contributed by atoms with Crippen LogP contribution in [0.3, 0.4) is 0 Å². The first-order valence-electron chi connectivity index (χ1n) is 7.71. The predicted octanol–water partition coefficient (Wildman–Crippen LogP) is 5.43. The molecule has 0 aliphatic heterocycles. The van der Waals surface area contributed by atoms with E-state index < -0.39 is 25.0 Å². The number of allylic oxidation sites excluding steroid dienone is 1. The Hall–Kier alpha value is -1.07. The van der Waals surface area contributed by atoms with Gasteiger partial charge in [0, 0.05) is 5.20 Å². The summed E-state index contributed by atoms with van der Waals surface area (Å²) in [4.78, 5) is 0. The van der Waals surface area contributed by atoms with Gasteiger partial charge in [0.05, 0.1) is 8.07 Å². The molecule has 0 radical (unpaired) electrons. The van der Waals surface area contributed by atoms with Gasteiger partial charge in [0.15, 0.2) is 0 Å². The lowest BCUT2D eigenvalue weighted by Crippen LogP contribution is -2.42. The lowest BCUT2D eigenvalue weighted by Gasteiger charge is -2.35. The van der Waals surface area contributed by atoms with E-state index in [0.717, 1.165) is 6.08 Å². The van der Waals surface area contributed by atoms with Gasteiger partial charge in [-0.2, -0.15) is 13.2 Å². The maximum Gasteiger partial charge on any atom is 0.408 e. The van der Waals surface area contributed by atoms with Gasteiger partial charge in [-0.25, -0.2) is 0 Å². The molecule has 124 valence electrons. The van der Waals surface area contributed by atoms with Crippen molar-refractivity contribution < 1.29 is 18.3 Å². The van der Waals surface area contributed by atoms with E-state index in [2.05, 4.69) is 0 Å². The first-order chi connectivity index (χ1) is 10.1. The third-order valence-corrected chi connectivity index (χ3v) is 10.3. The smallest absolute Gasteiger partial charge is 0.381 e. The largest absolute Gasteiger partial charge is 0.408 e. The molecule has 1 rings (SSSR count). The molecule has 1 aromatic carbocycles. The average Bonchev–Trinajstić information content (AvgIpc) is 2.48. The van der Waals surface area contributed by atoms with E-state index >= 15 is 0 Å². The number of hydrogen-bond acceptors (Lipinski definition) is 1. The molecule has 0 fully saturated rings. The molecular weight excluding hydrogens is 305 g/mol. The number of hydrogen-bond donors (Lipinski definition) is 1. The maximum atomic E-state index is 13.7. The van der Waals surface area contributed by atoms with Crippen LogP contribution < -0.4 is 0 Å². The van der Waals surface area contributed by atoms with E-state index in [0.29, 0.717) is 23.7 Å². The molecule has 1 N–H and O–H groups in total. The molecule has 22 heavy (non-hydrogen) atoms. The molecule has 5 heteroatoms. The molecule has 0 saturated heterocycles. The Morgan fingerprint density at radius 3 is 1.86 bits per heavy atom. The van der Waals surface area contributed by atoms with E-state index in [4.69, 9.17) is 0 Å². The lowest BCUT2D eigenvalue weighted by molar-refractivity contribution is -0.0876. The van der Waals surface area contributed by atoms with E-state index in [1.54, 1.807) is 30.3 Å². The van der Waals surface area contributed by atoms with Crippen LogP contribution in [0.2, 0.25) is 18.1 Å². The Balaban J connectivity index is 3.46. The molecule has 0 saturated carbocycles. The summed E-state index contributed by atoms with van der Waals surface area (Å²) in [5.41, 5.74) is -1.15. The second kappa shape index (κ2) is 7.00. The quantitative estimate of drug-likeness (QED) is 0.690. The van der Waals surface area contributed by atoms with Gasteiger partial charge in [0.1, 0.15) is 5.60 Å². The zero-order valence-electron chi connectivity index (χ0n) is 13.7. The second-order valence-electron chi connectivity index (χ2n) is 5.91. The van der Waals surface area contributed by atoms with Crippen LogP contribution in [-0.2, 0) is 5.60 Å². The third-order valence-electron chi connectivity index (χ3n) is 4.69. The fraction of sp³-hybridized carbons (Fsp3) is 0.529. The zero-order valence-corrected chi connectivity index (χ0v) is 14.7. The van der Waals surface area contributed by atoms with E-state index in [-0.39, 0.29) is 0 Å². The van der Waals surface area contributed by atoms with Gasteiger partial charge in [-0.05, 0) is 18.6 Å². The number of rotatable bonds is 6. The molecule has 1 unspecified atom stereocenters. The highest BCUT2D eigenvalue weighted by Gasteiger charge is 2.47. The van der Waals surface area contributed by atoms with Crippen LogP contribution in [0, 0.1) is 0 Å². The molecule has 1 aromatic rings. The summed E-state index contributed by atoms with van der Waals surface area (Å²) in [6, 6.07) is 10.1. The molecule has 0 aliphatic carbocycles. The Morgan fingerprint density at radius 1 is 1.05 bits per heavy atom. The molecule has 0 spiro atoms. The van der Waals surface area contributed by atoms with Crippen molar-refractivity contribution in [3.8, 4) is 0 Å². The minimum Gasteiger partial charge on any atom is -0.381 e. The summed E-state index contributed by atoms with van der Waals surface area (Å²) in [6.45, 7) is 6.91. The Labute approximate surface area is 131 Å². The van der Waals surface area contributed by atoms with Crippen LogP contribution in [-0.4, -0.2) is 19.4 Å². The molecule has 1 nitrogen and oxygen atoms in total. The van der Waals surface area contributed by atoms with Crippen LogP contribution in [0.1, 0.15) is 33.3 Å². The minimum absolute atomic E-state index is 0.475. The second-order valence-corrected chi connectivity index (χ2v) is 11.1. The van der Waals surface area contributed by atoms with Crippen LogP contribution in [0.15, 0.2) is 41.6 Å². The number of alkyl halides is 3. The van der Waals surface area contributed by atoms with Crippen molar-refractivity contribution in [2.45, 2.75) is 57.6 Å². The average molecular weight is 330 g/mol. The van der Waals surface area contributed by atoms with Crippen molar-refractivity contribution in [3.05, 3.63) is 47.2 Å². The lowest BCUT2D eigenvalue weighted by atomic mass is 9.95. The standard InChI is InChI=1S/C17H25F3OSi/c1-5-22(6-2,7-3)15(17(18,19)20)13-16(4,21)14-11-9-8-10-12-14/h8-13,21H,5-7H2,1-4H3/b15-13+. The van der Waals surface area contributed by atoms with Crippen LogP contribution >= 0.6 is 0 Å². The highest BCUT2D eigenvalue weighted by Crippen LogP contribution is 2.41. The van der Waals surface area contributed by atoms with Gasteiger partial charge >= 0.3 is 6.18 Å². The number of aliphatic hydroxyl groups is 1. The highest BCUT2D eigenvalue weighted by molar-refractivity contribution is 6.86. The monoisotopic (exact) mass is 330 g/mol. The van der Waals surface area contributed by atoms with Crippen LogP contribution in [0.4, 0.5) is 13.2 Å². The summed E-state index contributed by atoms with van der Waals surface area (Å²) < 4.78 is 41.0. The van der Waals surface area contributed by atoms with Gasteiger partial charge in [-0.1, -0.05) is 69.2 Å². The molecule has 0 heterocycles. The van der Waals surface area contributed by atoms with Crippen molar-refractivity contribution >= 4 is 8.07 Å². The number of halogens is 3. The van der Waals surface area contributed by atoms with Crippen LogP contribution in [0.25, 0.3) is 0 Å². The fourth-order valence-electron chi connectivity index (χ4n) is 3.00. The van der Waals surface area contributed by atoms with Gasteiger partial charge < -0.3 is 5.11 Å². The van der Waals surface area contributed by atoms with Gasteiger partial charge in [-0.3, -0.25) is 0 Å². The zero-order chi connectivity index (χ0) is 17.0. The van der Waals surface area contributed by atoms with Gasteiger partial charge in [0.25, 0.3) is 0 Å². The Bertz CT molecular complexity index is 494. The SMILES string of the molecule is CC[Si](CC)(CC)/C(=C/C(C)(O)c1ccccc1)C(F)(F)F. The molecule has 0 amide bonds. The van der Waals surface area contributed by atoms with Crippen LogP contribution in [0.5, 0.6) is 0 Å². The minimum atomic E-state index is -4.40. The van der Waals surface area contributed by atoms with E-state index in [1.165, 1.54) is 6.92 Å². The fourth-order valence-corrected chi connectivity index (χ4v) is 6.83. The maximum absolute atomic E-state index is 13.7. The summed E-state index contributed by atoms with van der Waals surface area (Å²) >= 11 is 0. The number of benzene rings is 1. The van der Waals surface area contributed by atoms with Crippen molar-refractivity contribution in [1.29, 1.82) is 0 Å². The van der Waals surface area contributed by atoms with Gasteiger partial charge in [-0.15, -0.1) is 0 Å². The summed E-state index contributed by atoms with van der Waals surface area (Å²) in [5.74, 6) is 0. The summed E-state index contributed by atoms with van der Waals surface area (Å²) in [6.07, 6.45) is -3.34. The first kappa shape index (κ1) is 19.0. The van der Waals surface area contributed by atoms with Gasteiger partial charge in [0.2, 0.25) is 0 Å². The Kier molecular flexibility index (Phi) is 6.04. The topological polar surface area (TPSA) is 20.2 Å². The van der Waals surface area contributed by atoms with Crippen molar-refractivity contribution in [2.24, 2.45) is 0 Å². The molecule has 0 aliphatic rings. The van der Waals surface area contributed by atoms with E-state index in [1.807, 2.05) is 20.8 Å². The summed E-state index contributed by atoms with van der Waals surface area (Å²) in [5, 5.41) is 10.1. The summed E-state index contributed by atoms with van der Waals surface area (Å²) in [7, 11) is -2.65. The normalized spacial score (nSPS) is 16.5. The molecule has 0 aromatic heterocycles. The van der Waals surface area contributed by atoms with Crippen molar-refractivity contribution in [1.82, 2.24) is 0 Å². The molecule has 0 bridgehead atoms. The molecule has 1 atom stereocenters.